The lowest BCUT2D eigenvalue weighted by molar-refractivity contribution is -0.149. The normalized spacial score (nSPS) is 16.1. The smallest absolute Gasteiger partial charge is 0.408 e. The van der Waals surface area contributed by atoms with Crippen molar-refractivity contribution in [3.8, 4) is 0 Å². The molecule has 0 heterocycles. The fourth-order valence-corrected chi connectivity index (χ4v) is 5.06. The van der Waals surface area contributed by atoms with Crippen LogP contribution in [0.15, 0.2) is 18.2 Å². The van der Waals surface area contributed by atoms with E-state index >= 15 is 0 Å². The van der Waals surface area contributed by atoms with Crippen molar-refractivity contribution in [2.45, 2.75) is 130 Å². The minimum Gasteiger partial charge on any atom is -0.444 e. The first-order chi connectivity index (χ1) is 18.0. The molecule has 0 aromatic heterocycles. The molecule has 1 aromatic rings. The summed E-state index contributed by atoms with van der Waals surface area (Å²) in [6.45, 7) is 14.6. The second-order valence-electron chi connectivity index (χ2n) is 12.7. The quantitative estimate of drug-likeness (QED) is 0.419. The highest BCUT2D eigenvalue weighted by Gasteiger charge is 2.42. The molecule has 1 aromatic carbocycles. The van der Waals surface area contributed by atoms with E-state index in [0.717, 1.165) is 43.2 Å². The van der Waals surface area contributed by atoms with E-state index in [1.807, 2.05) is 52.8 Å². The van der Waals surface area contributed by atoms with E-state index in [4.69, 9.17) is 10.5 Å². The largest absolute Gasteiger partial charge is 0.444 e. The highest BCUT2D eigenvalue weighted by atomic mass is 16.6. The summed E-state index contributed by atoms with van der Waals surface area (Å²) in [6.07, 6.45) is 4.13. The van der Waals surface area contributed by atoms with Gasteiger partial charge in [0.25, 0.3) is 0 Å². The Hall–Kier alpha value is -3.10. The molecule has 218 valence electrons. The molecule has 4 N–H and O–H groups in total. The molecule has 9 heteroatoms. The van der Waals surface area contributed by atoms with Crippen LogP contribution < -0.4 is 16.4 Å². The summed E-state index contributed by atoms with van der Waals surface area (Å²) < 4.78 is 5.40. The number of nitrogens with one attached hydrogen (secondary N) is 2. The van der Waals surface area contributed by atoms with Crippen molar-refractivity contribution in [1.29, 1.82) is 0 Å². The Morgan fingerprint density at radius 2 is 1.64 bits per heavy atom. The number of nitrogens with zero attached hydrogens (tertiary/aromatic N) is 1. The monoisotopic (exact) mass is 544 g/mol. The standard InChI is InChI=1S/C30H48N4O5/c1-19-14-15-22(20(2)18-19)25(26(36)32-21-12-10-9-11-13-21)34(29(3,4)5)27(37)23(16-17-24(31)35)33-28(38)39-30(6,7)8/h14-15,18,21,23,25H,9-13,16-17H2,1-8H3,(H2,31,35)(H,32,36)(H,33,38). The summed E-state index contributed by atoms with van der Waals surface area (Å²) in [7, 11) is 0. The van der Waals surface area contributed by atoms with Gasteiger partial charge in [-0.05, 0) is 85.8 Å². The predicted molar refractivity (Wildman–Crippen MR) is 152 cm³/mol. The zero-order valence-electron chi connectivity index (χ0n) is 25.0. The third-order valence-electron chi connectivity index (χ3n) is 6.81. The number of aryl methyl sites for hydroxylation is 2. The molecule has 4 amide bonds. The van der Waals surface area contributed by atoms with Crippen LogP contribution in [0.3, 0.4) is 0 Å². The Balaban J connectivity index is 2.56. The van der Waals surface area contributed by atoms with Gasteiger partial charge >= 0.3 is 6.09 Å². The average molecular weight is 545 g/mol. The number of rotatable bonds is 9. The van der Waals surface area contributed by atoms with Gasteiger partial charge in [0, 0.05) is 18.0 Å². The van der Waals surface area contributed by atoms with Crippen LogP contribution >= 0.6 is 0 Å². The van der Waals surface area contributed by atoms with E-state index < -0.39 is 41.1 Å². The zero-order chi connectivity index (χ0) is 29.5. The Bertz CT molecular complexity index is 1030. The van der Waals surface area contributed by atoms with Crippen LogP contribution in [0.4, 0.5) is 4.79 Å². The number of amides is 4. The molecule has 2 unspecified atom stereocenters. The first-order valence-electron chi connectivity index (χ1n) is 14.0. The van der Waals surface area contributed by atoms with Gasteiger partial charge in [-0.2, -0.15) is 0 Å². The molecule has 1 aliphatic rings. The lowest BCUT2D eigenvalue weighted by atomic mass is 9.90. The predicted octanol–water partition coefficient (Wildman–Crippen LogP) is 4.58. The fourth-order valence-electron chi connectivity index (χ4n) is 5.06. The Morgan fingerprint density at radius 3 is 2.15 bits per heavy atom. The van der Waals surface area contributed by atoms with E-state index in [-0.39, 0.29) is 24.8 Å². The van der Waals surface area contributed by atoms with Crippen molar-refractivity contribution < 1.29 is 23.9 Å². The maximum Gasteiger partial charge on any atom is 0.408 e. The van der Waals surface area contributed by atoms with Gasteiger partial charge < -0.3 is 26.0 Å². The summed E-state index contributed by atoms with van der Waals surface area (Å²) in [5.41, 5.74) is 6.44. The zero-order valence-corrected chi connectivity index (χ0v) is 25.0. The Labute approximate surface area is 233 Å². The van der Waals surface area contributed by atoms with Crippen LogP contribution in [0.25, 0.3) is 0 Å². The highest BCUT2D eigenvalue weighted by Crippen LogP contribution is 2.33. The number of carbonyl (C=O) groups excluding carboxylic acids is 4. The van der Waals surface area contributed by atoms with Crippen molar-refractivity contribution in [2.75, 3.05) is 0 Å². The lowest BCUT2D eigenvalue weighted by Crippen LogP contribution is -2.59. The number of hydrogen-bond acceptors (Lipinski definition) is 5. The number of primary amides is 1. The van der Waals surface area contributed by atoms with Gasteiger partial charge in [0.15, 0.2) is 0 Å². The molecule has 0 bridgehead atoms. The van der Waals surface area contributed by atoms with E-state index in [2.05, 4.69) is 10.6 Å². The molecule has 1 aliphatic carbocycles. The summed E-state index contributed by atoms with van der Waals surface area (Å²) in [5.74, 6) is -1.34. The number of alkyl carbamates (subject to hydrolysis) is 1. The number of benzene rings is 1. The molecule has 0 spiro atoms. The van der Waals surface area contributed by atoms with Crippen molar-refractivity contribution in [3.05, 3.63) is 34.9 Å². The molecule has 0 radical (unpaired) electrons. The molecule has 1 saturated carbocycles. The summed E-state index contributed by atoms with van der Waals surface area (Å²) in [6, 6.07) is 3.78. The third kappa shape index (κ3) is 9.86. The maximum absolute atomic E-state index is 14.3. The minimum absolute atomic E-state index is 0.0240. The number of ether oxygens (including phenoxy) is 1. The van der Waals surface area contributed by atoms with E-state index in [1.54, 1.807) is 20.8 Å². The second-order valence-corrected chi connectivity index (χ2v) is 12.7. The van der Waals surface area contributed by atoms with Gasteiger partial charge in [-0.15, -0.1) is 0 Å². The molecule has 1 fully saturated rings. The van der Waals surface area contributed by atoms with Gasteiger partial charge in [-0.3, -0.25) is 14.4 Å². The van der Waals surface area contributed by atoms with E-state index in [9.17, 15) is 19.2 Å². The topological polar surface area (TPSA) is 131 Å². The van der Waals surface area contributed by atoms with Crippen molar-refractivity contribution in [1.82, 2.24) is 15.5 Å². The van der Waals surface area contributed by atoms with Crippen molar-refractivity contribution >= 4 is 23.8 Å². The fraction of sp³-hybridized carbons (Fsp3) is 0.667. The van der Waals surface area contributed by atoms with Crippen LogP contribution in [-0.4, -0.2) is 51.9 Å². The van der Waals surface area contributed by atoms with Crippen molar-refractivity contribution in [2.24, 2.45) is 5.73 Å². The van der Waals surface area contributed by atoms with Crippen LogP contribution in [0.2, 0.25) is 0 Å². The molecule has 0 saturated heterocycles. The number of hydrogen-bond donors (Lipinski definition) is 3. The van der Waals surface area contributed by atoms with Gasteiger partial charge in [0.05, 0.1) is 0 Å². The Morgan fingerprint density at radius 1 is 1.03 bits per heavy atom. The van der Waals surface area contributed by atoms with Crippen molar-refractivity contribution in [3.63, 3.8) is 0 Å². The van der Waals surface area contributed by atoms with Crippen LogP contribution in [0, 0.1) is 13.8 Å². The Kier molecular flexibility index (Phi) is 11.0. The van der Waals surface area contributed by atoms with Gasteiger partial charge in [0.2, 0.25) is 17.7 Å². The van der Waals surface area contributed by atoms with Crippen LogP contribution in [0.1, 0.15) is 109 Å². The maximum atomic E-state index is 14.3. The minimum atomic E-state index is -1.12. The molecule has 2 rings (SSSR count). The molecule has 39 heavy (non-hydrogen) atoms. The average Bonchev–Trinajstić information content (AvgIpc) is 2.78. The first-order valence-corrected chi connectivity index (χ1v) is 14.0. The molecule has 2 atom stereocenters. The van der Waals surface area contributed by atoms with Crippen LogP contribution in [0.5, 0.6) is 0 Å². The molecule has 9 nitrogen and oxygen atoms in total. The first kappa shape index (κ1) is 32.1. The highest BCUT2D eigenvalue weighted by molar-refractivity contribution is 5.93. The number of nitrogens with two attached hydrogens (primary N) is 1. The molecular formula is C30H48N4O5. The summed E-state index contributed by atoms with van der Waals surface area (Å²) in [4.78, 5) is 54.3. The molecule has 0 aliphatic heterocycles. The lowest BCUT2D eigenvalue weighted by Gasteiger charge is -2.44. The SMILES string of the molecule is Cc1ccc(C(C(=O)NC2CCCCC2)N(C(=O)C(CCC(N)=O)NC(=O)OC(C)(C)C)C(C)(C)C)c(C)c1. The number of carbonyl (C=O) groups is 4. The van der Waals surface area contributed by atoms with Gasteiger partial charge in [-0.25, -0.2) is 4.79 Å². The van der Waals surface area contributed by atoms with Gasteiger partial charge in [-0.1, -0.05) is 43.0 Å². The van der Waals surface area contributed by atoms with Crippen LogP contribution in [-0.2, 0) is 19.1 Å². The third-order valence-corrected chi connectivity index (χ3v) is 6.81. The van der Waals surface area contributed by atoms with E-state index in [0.29, 0.717) is 5.56 Å². The van der Waals surface area contributed by atoms with E-state index in [1.165, 1.54) is 4.90 Å². The second kappa shape index (κ2) is 13.3. The summed E-state index contributed by atoms with van der Waals surface area (Å²) >= 11 is 0. The van der Waals surface area contributed by atoms with Gasteiger partial charge in [0.1, 0.15) is 17.7 Å². The summed E-state index contributed by atoms with van der Waals surface area (Å²) in [5, 5.41) is 5.85. The molecular weight excluding hydrogens is 496 g/mol.